The Balaban J connectivity index is 2.48. The van der Waals surface area contributed by atoms with E-state index in [0.29, 0.717) is 0 Å². The highest BCUT2D eigenvalue weighted by atomic mass is 15.1. The normalized spacial score (nSPS) is 26.0. The quantitative estimate of drug-likeness (QED) is 0.468. The van der Waals surface area contributed by atoms with Crippen LogP contribution in [-0.2, 0) is 0 Å². The van der Waals surface area contributed by atoms with Crippen molar-refractivity contribution >= 4 is 0 Å². The molecule has 0 aromatic heterocycles. The van der Waals surface area contributed by atoms with E-state index in [1.807, 2.05) is 0 Å². The minimum Gasteiger partial charge on any atom is -0.300 e. The first-order valence-electron chi connectivity index (χ1n) is 9.84. The molecule has 0 aromatic rings. The molecule has 0 amide bonds. The third-order valence-electron chi connectivity index (χ3n) is 5.82. The first kappa shape index (κ1) is 19.0. The van der Waals surface area contributed by atoms with Gasteiger partial charge in [0.05, 0.1) is 0 Å². The van der Waals surface area contributed by atoms with Crippen molar-refractivity contribution in [3.05, 3.63) is 0 Å². The van der Waals surface area contributed by atoms with Gasteiger partial charge >= 0.3 is 0 Å². The smallest absolute Gasteiger partial charge is 0.00978 e. The van der Waals surface area contributed by atoms with Crippen LogP contribution in [0.4, 0.5) is 0 Å². The fourth-order valence-corrected chi connectivity index (χ4v) is 3.90. The molecule has 0 N–H and O–H groups in total. The van der Waals surface area contributed by atoms with Crippen molar-refractivity contribution in [3.8, 4) is 0 Å². The average Bonchev–Trinajstić information content (AvgIpc) is 2.51. The molecule has 1 aliphatic carbocycles. The Labute approximate surface area is 134 Å². The fraction of sp³-hybridized carbons (Fsp3) is 1.00. The Morgan fingerprint density at radius 3 is 2.29 bits per heavy atom. The summed E-state index contributed by atoms with van der Waals surface area (Å²) in [6, 6.07) is 0.886. The van der Waals surface area contributed by atoms with Crippen LogP contribution in [0.25, 0.3) is 0 Å². The van der Waals surface area contributed by atoms with E-state index in [2.05, 4.69) is 39.5 Å². The fourth-order valence-electron chi connectivity index (χ4n) is 3.90. The maximum atomic E-state index is 2.84. The predicted octanol–water partition coefficient (Wildman–Crippen LogP) is 6.13. The minimum atomic E-state index is 0.886. The summed E-state index contributed by atoms with van der Waals surface area (Å²) < 4.78 is 0. The van der Waals surface area contributed by atoms with Crippen molar-refractivity contribution in [1.29, 1.82) is 0 Å². The van der Waals surface area contributed by atoms with Crippen LogP contribution in [0.1, 0.15) is 92.4 Å². The topological polar surface area (TPSA) is 3.24 Å². The van der Waals surface area contributed by atoms with Crippen LogP contribution in [0.15, 0.2) is 0 Å². The van der Waals surface area contributed by atoms with Gasteiger partial charge in [-0.15, -0.1) is 0 Å². The van der Waals surface area contributed by atoms with Crippen LogP contribution >= 0.6 is 0 Å². The van der Waals surface area contributed by atoms with Crippen LogP contribution in [0.5, 0.6) is 0 Å². The maximum absolute atomic E-state index is 2.84. The molecule has 4 unspecified atom stereocenters. The molecule has 4 atom stereocenters. The van der Waals surface area contributed by atoms with Crippen LogP contribution < -0.4 is 0 Å². The van der Waals surface area contributed by atoms with Crippen molar-refractivity contribution in [3.63, 3.8) is 0 Å². The Kier molecular flexibility index (Phi) is 9.64. The first-order chi connectivity index (χ1) is 10.1. The number of hydrogen-bond donors (Lipinski definition) is 0. The highest BCUT2D eigenvalue weighted by Crippen LogP contribution is 2.33. The van der Waals surface area contributed by atoms with E-state index in [0.717, 1.165) is 23.8 Å². The highest BCUT2D eigenvalue weighted by Gasteiger charge is 2.27. The molecule has 1 rings (SSSR count). The summed E-state index contributed by atoms with van der Waals surface area (Å²) in [4.78, 5) is 2.84. The standard InChI is InChI=1S/C20H41N/c1-6-13-21(14-12-17(4)7-2)20-11-9-10-19(16-20)15-18(5)8-3/h17-20H,6-16H2,1-5H3. The molecule has 1 heteroatoms. The lowest BCUT2D eigenvalue weighted by Crippen LogP contribution is -2.40. The van der Waals surface area contributed by atoms with E-state index >= 15 is 0 Å². The van der Waals surface area contributed by atoms with E-state index in [-0.39, 0.29) is 0 Å². The molecule has 0 bridgehead atoms. The van der Waals surface area contributed by atoms with Gasteiger partial charge in [-0.2, -0.15) is 0 Å². The Morgan fingerprint density at radius 2 is 1.67 bits per heavy atom. The molecule has 1 fully saturated rings. The highest BCUT2D eigenvalue weighted by molar-refractivity contribution is 4.81. The van der Waals surface area contributed by atoms with Crippen LogP contribution in [0.3, 0.4) is 0 Å². The molecular weight excluding hydrogens is 254 g/mol. The lowest BCUT2D eigenvalue weighted by Gasteiger charge is -2.38. The molecule has 1 saturated carbocycles. The second kappa shape index (κ2) is 10.6. The van der Waals surface area contributed by atoms with Gasteiger partial charge in [0.15, 0.2) is 0 Å². The SMILES string of the molecule is CCCN(CCC(C)CC)C1CCCC(CC(C)CC)C1. The summed E-state index contributed by atoms with van der Waals surface area (Å²) in [5.41, 5.74) is 0. The van der Waals surface area contributed by atoms with E-state index in [4.69, 9.17) is 0 Å². The third-order valence-corrected chi connectivity index (χ3v) is 5.82. The van der Waals surface area contributed by atoms with Crippen LogP contribution in [0.2, 0.25) is 0 Å². The zero-order chi connectivity index (χ0) is 15.7. The average molecular weight is 296 g/mol. The van der Waals surface area contributed by atoms with Gasteiger partial charge in [-0.1, -0.05) is 60.3 Å². The van der Waals surface area contributed by atoms with Crippen molar-refractivity contribution < 1.29 is 0 Å². The molecule has 1 nitrogen and oxygen atoms in total. The monoisotopic (exact) mass is 295 g/mol. The maximum Gasteiger partial charge on any atom is 0.00978 e. The molecule has 126 valence electrons. The first-order valence-corrected chi connectivity index (χ1v) is 9.84. The van der Waals surface area contributed by atoms with Crippen molar-refractivity contribution in [2.75, 3.05) is 13.1 Å². The molecule has 0 aromatic carbocycles. The lowest BCUT2D eigenvalue weighted by atomic mass is 9.79. The summed E-state index contributed by atoms with van der Waals surface area (Å²) in [7, 11) is 0. The summed E-state index contributed by atoms with van der Waals surface area (Å²) in [6.07, 6.45) is 12.8. The zero-order valence-electron chi connectivity index (χ0n) is 15.5. The Morgan fingerprint density at radius 1 is 0.952 bits per heavy atom. The second-order valence-electron chi connectivity index (χ2n) is 7.77. The van der Waals surface area contributed by atoms with Gasteiger partial charge in [0.1, 0.15) is 0 Å². The second-order valence-corrected chi connectivity index (χ2v) is 7.77. The molecule has 0 aliphatic heterocycles. The van der Waals surface area contributed by atoms with Crippen molar-refractivity contribution in [2.24, 2.45) is 17.8 Å². The molecule has 0 radical (unpaired) electrons. The molecule has 0 spiro atoms. The largest absolute Gasteiger partial charge is 0.300 e. The van der Waals surface area contributed by atoms with Gasteiger partial charge in [-0.3, -0.25) is 0 Å². The van der Waals surface area contributed by atoms with Gasteiger partial charge in [0.2, 0.25) is 0 Å². The number of nitrogens with zero attached hydrogens (tertiary/aromatic N) is 1. The third kappa shape index (κ3) is 7.17. The molecular formula is C20H41N. The number of rotatable bonds is 10. The van der Waals surface area contributed by atoms with E-state index in [1.165, 1.54) is 70.9 Å². The summed E-state index contributed by atoms with van der Waals surface area (Å²) >= 11 is 0. The lowest BCUT2D eigenvalue weighted by molar-refractivity contribution is 0.114. The zero-order valence-corrected chi connectivity index (χ0v) is 15.5. The number of hydrogen-bond acceptors (Lipinski definition) is 1. The van der Waals surface area contributed by atoms with E-state index in [1.54, 1.807) is 0 Å². The van der Waals surface area contributed by atoms with Crippen LogP contribution in [0, 0.1) is 17.8 Å². The van der Waals surface area contributed by atoms with Crippen LogP contribution in [-0.4, -0.2) is 24.0 Å². The summed E-state index contributed by atoms with van der Waals surface area (Å²) in [6.45, 7) is 14.5. The minimum absolute atomic E-state index is 0.886. The van der Waals surface area contributed by atoms with Gasteiger partial charge < -0.3 is 4.90 Å². The van der Waals surface area contributed by atoms with Crippen molar-refractivity contribution in [2.45, 2.75) is 98.4 Å². The van der Waals surface area contributed by atoms with E-state index < -0.39 is 0 Å². The molecule has 1 aliphatic rings. The Hall–Kier alpha value is -0.0400. The van der Waals surface area contributed by atoms with Gasteiger partial charge in [-0.05, 0) is 62.9 Å². The predicted molar refractivity (Wildman–Crippen MR) is 95.8 cm³/mol. The molecule has 21 heavy (non-hydrogen) atoms. The Bertz CT molecular complexity index is 250. The van der Waals surface area contributed by atoms with Crippen molar-refractivity contribution in [1.82, 2.24) is 4.90 Å². The van der Waals surface area contributed by atoms with Gasteiger partial charge in [0, 0.05) is 6.04 Å². The van der Waals surface area contributed by atoms with Gasteiger partial charge in [0.25, 0.3) is 0 Å². The van der Waals surface area contributed by atoms with Gasteiger partial charge in [-0.25, -0.2) is 0 Å². The molecule has 0 saturated heterocycles. The van der Waals surface area contributed by atoms with E-state index in [9.17, 15) is 0 Å². The summed E-state index contributed by atoms with van der Waals surface area (Å²) in [5, 5.41) is 0. The molecule has 0 heterocycles. The summed E-state index contributed by atoms with van der Waals surface area (Å²) in [5.74, 6) is 2.82.